The number of rotatable bonds is 6. The van der Waals surface area contributed by atoms with Gasteiger partial charge in [0.15, 0.2) is 0 Å². The highest BCUT2D eigenvalue weighted by molar-refractivity contribution is 7.90. The number of hydrogen-bond acceptors (Lipinski definition) is 4. The molecule has 3 rings (SSSR count). The van der Waals surface area contributed by atoms with Crippen LogP contribution in [0.25, 0.3) is 0 Å². The van der Waals surface area contributed by atoms with Gasteiger partial charge in [0, 0.05) is 6.54 Å². The van der Waals surface area contributed by atoms with Gasteiger partial charge in [-0.1, -0.05) is 31.2 Å². The lowest BCUT2D eigenvalue weighted by Crippen LogP contribution is -2.34. The van der Waals surface area contributed by atoms with E-state index in [1.807, 2.05) is 51.1 Å². The summed E-state index contributed by atoms with van der Waals surface area (Å²) in [4.78, 5) is 14.9. The van der Waals surface area contributed by atoms with Crippen LogP contribution in [0, 0.1) is 0 Å². The molecule has 2 aromatic rings. The maximum atomic E-state index is 13.3. The first-order chi connectivity index (χ1) is 14.1. The first-order valence-corrected chi connectivity index (χ1v) is 11.5. The van der Waals surface area contributed by atoms with Crippen molar-refractivity contribution in [2.75, 3.05) is 22.8 Å². The van der Waals surface area contributed by atoms with Gasteiger partial charge in [-0.2, -0.15) is 13.1 Å². The average molecular weight is 432 g/mol. The van der Waals surface area contributed by atoms with Crippen LogP contribution in [-0.2, 0) is 32.6 Å². The molecule has 1 heterocycles. The Hall–Kier alpha value is -2.42. The summed E-state index contributed by atoms with van der Waals surface area (Å²) in [5.74, 6) is -0.202. The minimum atomic E-state index is -3.68. The Morgan fingerprint density at radius 2 is 1.73 bits per heavy atom. The smallest absolute Gasteiger partial charge is 0.299 e. The zero-order valence-electron chi connectivity index (χ0n) is 17.9. The number of para-hydroxylation sites is 1. The highest BCUT2D eigenvalue weighted by Gasteiger charge is 2.27. The summed E-state index contributed by atoms with van der Waals surface area (Å²) in [6.07, 6.45) is 1.53. The number of ether oxygens (including phenoxy) is 1. The third-order valence-corrected chi connectivity index (χ3v) is 5.86. The first kappa shape index (κ1) is 22.3. The maximum absolute atomic E-state index is 13.3. The molecule has 162 valence electrons. The Bertz CT molecular complexity index is 1030. The van der Waals surface area contributed by atoms with Gasteiger partial charge in [-0.15, -0.1) is 0 Å². The fourth-order valence-corrected chi connectivity index (χ4v) is 4.27. The summed E-state index contributed by atoms with van der Waals surface area (Å²) < 4.78 is 35.0. The van der Waals surface area contributed by atoms with Gasteiger partial charge in [0.1, 0.15) is 6.61 Å². The predicted molar refractivity (Wildman–Crippen MR) is 119 cm³/mol. The van der Waals surface area contributed by atoms with Crippen LogP contribution in [0.5, 0.6) is 0 Å². The third-order valence-electron chi connectivity index (χ3n) is 4.69. The van der Waals surface area contributed by atoms with Crippen LogP contribution in [0.3, 0.4) is 0 Å². The standard InChI is InChI=1S/C22H29N3O4S/c1-5-23-30(27,28)24-18-13-12-17-11-10-16-8-6-7-9-19(16)25(20(17)14-18)21(26)15-29-22(2,3)4/h6-9,12-14,23-24H,5,10-11,15H2,1-4H3. The molecule has 1 amide bonds. The van der Waals surface area contributed by atoms with E-state index < -0.39 is 15.8 Å². The fourth-order valence-electron chi connectivity index (χ4n) is 3.38. The fraction of sp³-hybridized carbons (Fsp3) is 0.409. The van der Waals surface area contributed by atoms with E-state index in [9.17, 15) is 13.2 Å². The van der Waals surface area contributed by atoms with Crippen LogP contribution < -0.4 is 14.3 Å². The van der Waals surface area contributed by atoms with Crippen molar-refractivity contribution in [3.8, 4) is 0 Å². The molecule has 8 heteroatoms. The predicted octanol–water partition coefficient (Wildman–Crippen LogP) is 3.53. The molecular weight excluding hydrogens is 402 g/mol. The van der Waals surface area contributed by atoms with Crippen LogP contribution in [0.15, 0.2) is 42.5 Å². The van der Waals surface area contributed by atoms with E-state index in [4.69, 9.17) is 4.74 Å². The number of nitrogens with zero attached hydrogens (tertiary/aromatic N) is 1. The zero-order chi connectivity index (χ0) is 21.9. The number of amides is 1. The normalized spacial score (nSPS) is 13.9. The van der Waals surface area contributed by atoms with Crippen LogP contribution in [0.2, 0.25) is 0 Å². The van der Waals surface area contributed by atoms with Crippen molar-refractivity contribution in [2.45, 2.75) is 46.1 Å². The van der Waals surface area contributed by atoms with Crippen LogP contribution >= 0.6 is 0 Å². The van der Waals surface area contributed by atoms with Crippen LogP contribution in [0.1, 0.15) is 38.8 Å². The van der Waals surface area contributed by atoms with Crippen molar-refractivity contribution in [1.82, 2.24) is 4.72 Å². The van der Waals surface area contributed by atoms with Crippen LogP contribution in [0.4, 0.5) is 17.1 Å². The van der Waals surface area contributed by atoms with E-state index in [2.05, 4.69) is 9.44 Å². The summed E-state index contributed by atoms with van der Waals surface area (Å²) in [6.45, 7) is 7.62. The lowest BCUT2D eigenvalue weighted by Gasteiger charge is -2.27. The Balaban J connectivity index is 2.04. The second kappa shape index (κ2) is 8.75. The van der Waals surface area contributed by atoms with Gasteiger partial charge in [0.05, 0.1) is 22.7 Å². The quantitative estimate of drug-likeness (QED) is 0.732. The van der Waals surface area contributed by atoms with Crippen molar-refractivity contribution in [1.29, 1.82) is 0 Å². The molecule has 1 aliphatic heterocycles. The van der Waals surface area contributed by atoms with Gasteiger partial charge in [0.2, 0.25) is 0 Å². The lowest BCUT2D eigenvalue weighted by atomic mass is 10.0. The summed E-state index contributed by atoms with van der Waals surface area (Å²) >= 11 is 0. The van der Waals surface area contributed by atoms with Gasteiger partial charge in [-0.3, -0.25) is 14.4 Å². The molecular formula is C22H29N3O4S. The Kier molecular flexibility index (Phi) is 6.50. The van der Waals surface area contributed by atoms with E-state index in [-0.39, 0.29) is 19.1 Å². The highest BCUT2D eigenvalue weighted by Crippen LogP contribution is 2.38. The minimum absolute atomic E-state index is 0.0788. The summed E-state index contributed by atoms with van der Waals surface area (Å²) in [5, 5.41) is 0. The number of fused-ring (bicyclic) bond motifs is 2. The van der Waals surface area contributed by atoms with E-state index in [1.165, 1.54) is 0 Å². The van der Waals surface area contributed by atoms with Crippen molar-refractivity contribution < 1.29 is 17.9 Å². The summed E-state index contributed by atoms with van der Waals surface area (Å²) in [5.41, 5.74) is 3.44. The molecule has 0 aliphatic carbocycles. The monoisotopic (exact) mass is 431 g/mol. The number of benzene rings is 2. The first-order valence-electron chi connectivity index (χ1n) is 10.0. The number of hydrogen-bond donors (Lipinski definition) is 2. The summed E-state index contributed by atoms with van der Waals surface area (Å²) in [7, 11) is -3.68. The number of carbonyl (C=O) groups is 1. The van der Waals surface area contributed by atoms with E-state index >= 15 is 0 Å². The lowest BCUT2D eigenvalue weighted by molar-refractivity contribution is -0.127. The molecule has 2 N–H and O–H groups in total. The molecule has 30 heavy (non-hydrogen) atoms. The van der Waals surface area contributed by atoms with E-state index in [1.54, 1.807) is 24.0 Å². The molecule has 0 bridgehead atoms. The van der Waals surface area contributed by atoms with Gasteiger partial charge in [0.25, 0.3) is 16.1 Å². The molecule has 0 saturated carbocycles. The Labute approximate surface area is 178 Å². The third kappa shape index (κ3) is 5.38. The Morgan fingerprint density at radius 1 is 1.07 bits per heavy atom. The molecule has 2 aromatic carbocycles. The second-order valence-corrected chi connectivity index (χ2v) is 9.71. The van der Waals surface area contributed by atoms with Gasteiger partial charge in [-0.25, -0.2) is 0 Å². The van der Waals surface area contributed by atoms with E-state index in [0.29, 0.717) is 11.4 Å². The zero-order valence-corrected chi connectivity index (χ0v) is 18.7. The van der Waals surface area contributed by atoms with Crippen LogP contribution in [-0.4, -0.2) is 33.1 Å². The molecule has 0 fully saturated rings. The maximum Gasteiger partial charge on any atom is 0.299 e. The Morgan fingerprint density at radius 3 is 2.40 bits per heavy atom. The topological polar surface area (TPSA) is 87.7 Å². The largest absolute Gasteiger partial charge is 0.366 e. The highest BCUT2D eigenvalue weighted by atomic mass is 32.2. The van der Waals surface area contributed by atoms with Gasteiger partial charge in [-0.05, 0) is 62.9 Å². The molecule has 7 nitrogen and oxygen atoms in total. The average Bonchev–Trinajstić information content (AvgIpc) is 2.81. The summed E-state index contributed by atoms with van der Waals surface area (Å²) in [6, 6.07) is 13.1. The second-order valence-electron chi connectivity index (χ2n) is 8.21. The molecule has 0 atom stereocenters. The number of nitrogens with one attached hydrogen (secondary N) is 2. The molecule has 0 saturated heterocycles. The molecule has 0 unspecified atom stereocenters. The molecule has 0 radical (unpaired) electrons. The molecule has 1 aliphatic rings. The SMILES string of the molecule is CCNS(=O)(=O)Nc1ccc2c(c1)N(C(=O)COC(C)(C)C)c1ccccc1CC2. The number of carbonyl (C=O) groups excluding carboxylic acids is 1. The van der Waals surface area contributed by atoms with Crippen molar-refractivity contribution in [2.24, 2.45) is 0 Å². The van der Waals surface area contributed by atoms with Crippen molar-refractivity contribution in [3.63, 3.8) is 0 Å². The minimum Gasteiger partial charge on any atom is -0.366 e. The molecule has 0 spiro atoms. The van der Waals surface area contributed by atoms with Gasteiger partial charge >= 0.3 is 0 Å². The van der Waals surface area contributed by atoms with Crippen molar-refractivity contribution in [3.05, 3.63) is 53.6 Å². The molecule has 0 aromatic heterocycles. The number of aryl methyl sites for hydroxylation is 2. The number of anilines is 3. The van der Waals surface area contributed by atoms with Crippen molar-refractivity contribution >= 4 is 33.2 Å². The van der Waals surface area contributed by atoms with Gasteiger partial charge < -0.3 is 4.74 Å². The van der Waals surface area contributed by atoms with E-state index in [0.717, 1.165) is 29.7 Å².